The normalized spacial score (nSPS) is 18.7. The van der Waals surface area contributed by atoms with E-state index in [4.69, 9.17) is 5.11 Å². The van der Waals surface area contributed by atoms with E-state index in [9.17, 15) is 14.4 Å². The number of hydrogen-bond donors (Lipinski definition) is 1. The minimum absolute atomic E-state index is 0.0187. The Balaban J connectivity index is 1.64. The van der Waals surface area contributed by atoms with E-state index in [1.54, 1.807) is 27.8 Å². The second-order valence-electron chi connectivity index (χ2n) is 8.18. The topological polar surface area (TPSA) is 79.6 Å². The molecule has 1 aliphatic rings. The molecule has 1 aromatic carbocycles. The van der Waals surface area contributed by atoms with Crippen LogP contribution in [0.5, 0.6) is 0 Å². The number of nitrogens with zero attached hydrogens (tertiary/aromatic N) is 2. The first-order chi connectivity index (χ1) is 14.4. The Hall–Kier alpha value is -2.89. The lowest BCUT2D eigenvalue weighted by molar-refractivity contribution is -0.143. The van der Waals surface area contributed by atoms with Crippen LogP contribution in [0.25, 0.3) is 0 Å². The van der Waals surface area contributed by atoms with Crippen LogP contribution < -0.4 is 4.90 Å². The summed E-state index contributed by atoms with van der Waals surface area (Å²) in [5.41, 5.74) is 2.50. The van der Waals surface area contributed by atoms with E-state index < -0.39 is 5.97 Å². The molecule has 0 atom stereocenters. The van der Waals surface area contributed by atoms with Crippen LogP contribution >= 0.6 is 0 Å². The van der Waals surface area contributed by atoms with Gasteiger partial charge in [-0.15, -0.1) is 0 Å². The molecule has 30 heavy (non-hydrogen) atoms. The van der Waals surface area contributed by atoms with Crippen LogP contribution in [0.3, 0.4) is 0 Å². The minimum Gasteiger partial charge on any atom is -0.481 e. The smallest absolute Gasteiger partial charge is 0.306 e. The van der Waals surface area contributed by atoms with E-state index in [1.165, 1.54) is 0 Å². The number of likely N-dealkylation sites (N-methyl/N-ethyl adjacent to an activating group) is 1. The number of carbonyl (C=O) groups excluding carboxylic acids is 2. The number of Topliss-reactive ketones (excluding diaryl/α,β-unsaturated/α-hetero) is 1. The van der Waals surface area contributed by atoms with Crippen molar-refractivity contribution in [1.82, 2.24) is 4.57 Å². The maximum atomic E-state index is 13.0. The molecule has 0 spiro atoms. The van der Waals surface area contributed by atoms with Crippen LogP contribution in [0.4, 0.5) is 5.69 Å². The fourth-order valence-electron chi connectivity index (χ4n) is 4.32. The molecule has 6 heteroatoms. The summed E-state index contributed by atoms with van der Waals surface area (Å²) in [5, 5.41) is 9.13. The van der Waals surface area contributed by atoms with Crippen molar-refractivity contribution >= 4 is 23.3 Å². The van der Waals surface area contributed by atoms with Gasteiger partial charge >= 0.3 is 5.97 Å². The molecule has 0 aliphatic heterocycles. The molecule has 6 nitrogen and oxygen atoms in total. The summed E-state index contributed by atoms with van der Waals surface area (Å²) in [5.74, 6) is -0.840. The van der Waals surface area contributed by atoms with Crippen molar-refractivity contribution in [3.8, 4) is 0 Å². The maximum Gasteiger partial charge on any atom is 0.306 e. The predicted molar refractivity (Wildman–Crippen MR) is 116 cm³/mol. The van der Waals surface area contributed by atoms with Gasteiger partial charge < -0.3 is 14.6 Å². The van der Waals surface area contributed by atoms with Crippen LogP contribution in [0.2, 0.25) is 0 Å². The van der Waals surface area contributed by atoms with Crippen LogP contribution in [0.1, 0.15) is 55.1 Å². The average molecular weight is 411 g/mol. The third kappa shape index (κ3) is 5.17. The molecule has 0 saturated heterocycles. The van der Waals surface area contributed by atoms with E-state index >= 15 is 0 Å². The number of amides is 1. The van der Waals surface area contributed by atoms with Gasteiger partial charge in [0.2, 0.25) is 5.91 Å². The highest BCUT2D eigenvalue weighted by Gasteiger charge is 2.28. The highest BCUT2D eigenvalue weighted by Crippen LogP contribution is 2.31. The second-order valence-corrected chi connectivity index (χ2v) is 8.18. The standard InChI is InChI=1S/C24H30N2O4/c1-3-26(20-7-4-6-17(2)14-20)23(28)16-25-13-5-8-21(25)22(27)15-18-9-11-19(12-10-18)24(29)30/h4-8,13-14,18-19H,3,9-12,15-16H2,1-2H3,(H,29,30). The lowest BCUT2D eigenvalue weighted by Crippen LogP contribution is -2.34. The SMILES string of the molecule is CCN(C(=O)Cn1cccc1C(=O)CC1CCC(C(=O)O)CC1)c1cccc(C)c1. The van der Waals surface area contributed by atoms with Crippen molar-refractivity contribution in [1.29, 1.82) is 0 Å². The number of carboxylic acid groups (broad SMARTS) is 1. The Kier molecular flexibility index (Phi) is 7.08. The van der Waals surface area contributed by atoms with Gasteiger partial charge in [-0.05, 0) is 75.3 Å². The van der Waals surface area contributed by atoms with Gasteiger partial charge in [0.1, 0.15) is 6.54 Å². The molecule has 1 heterocycles. The van der Waals surface area contributed by atoms with E-state index in [0.717, 1.165) is 24.1 Å². The number of aliphatic carboxylic acids is 1. The zero-order valence-electron chi connectivity index (χ0n) is 17.7. The molecule has 160 valence electrons. The van der Waals surface area contributed by atoms with Crippen molar-refractivity contribution in [2.45, 2.75) is 52.5 Å². The zero-order chi connectivity index (χ0) is 21.7. The minimum atomic E-state index is -0.735. The molecule has 1 fully saturated rings. The number of ketones is 1. The molecule has 1 saturated carbocycles. The first kappa shape index (κ1) is 21.8. The molecule has 1 aromatic heterocycles. The van der Waals surface area contributed by atoms with Crippen LogP contribution in [0, 0.1) is 18.8 Å². The number of hydrogen-bond acceptors (Lipinski definition) is 3. The molecule has 0 radical (unpaired) electrons. The first-order valence-electron chi connectivity index (χ1n) is 10.7. The Morgan fingerprint density at radius 2 is 1.83 bits per heavy atom. The number of anilines is 1. The summed E-state index contributed by atoms with van der Waals surface area (Å²) in [6.07, 6.45) is 4.97. The van der Waals surface area contributed by atoms with Crippen LogP contribution in [0.15, 0.2) is 42.6 Å². The summed E-state index contributed by atoms with van der Waals surface area (Å²) in [7, 11) is 0. The Labute approximate surface area is 177 Å². The van der Waals surface area contributed by atoms with Crippen molar-refractivity contribution in [3.63, 3.8) is 0 Å². The second kappa shape index (κ2) is 9.74. The Morgan fingerprint density at radius 3 is 2.47 bits per heavy atom. The third-order valence-electron chi connectivity index (χ3n) is 6.02. The van der Waals surface area contributed by atoms with E-state index in [1.807, 2.05) is 38.1 Å². The van der Waals surface area contributed by atoms with E-state index in [2.05, 4.69) is 0 Å². The average Bonchev–Trinajstić information content (AvgIpc) is 3.17. The third-order valence-corrected chi connectivity index (χ3v) is 6.02. The molecular weight excluding hydrogens is 380 g/mol. The first-order valence-corrected chi connectivity index (χ1v) is 10.7. The van der Waals surface area contributed by atoms with Gasteiger partial charge in [-0.1, -0.05) is 12.1 Å². The lowest BCUT2D eigenvalue weighted by atomic mass is 9.79. The quantitative estimate of drug-likeness (QED) is 0.658. The molecule has 2 aromatic rings. The van der Waals surface area contributed by atoms with E-state index in [-0.39, 0.29) is 30.1 Å². The summed E-state index contributed by atoms with van der Waals surface area (Å²) in [6, 6.07) is 11.4. The van der Waals surface area contributed by atoms with Crippen molar-refractivity contribution in [2.24, 2.45) is 11.8 Å². The largest absolute Gasteiger partial charge is 0.481 e. The Bertz CT molecular complexity index is 909. The zero-order valence-corrected chi connectivity index (χ0v) is 17.7. The number of aromatic nitrogens is 1. The van der Waals surface area contributed by atoms with Gasteiger partial charge in [-0.25, -0.2) is 0 Å². The predicted octanol–water partition coefficient (Wildman–Crippen LogP) is 4.31. The van der Waals surface area contributed by atoms with Gasteiger partial charge in [0.05, 0.1) is 11.6 Å². The van der Waals surface area contributed by atoms with Gasteiger partial charge in [0.15, 0.2) is 5.78 Å². The number of carboxylic acids is 1. The fraction of sp³-hybridized carbons (Fsp3) is 0.458. The van der Waals surface area contributed by atoms with E-state index in [0.29, 0.717) is 31.5 Å². The van der Waals surface area contributed by atoms with Crippen molar-refractivity contribution in [3.05, 3.63) is 53.9 Å². The summed E-state index contributed by atoms with van der Waals surface area (Å²) in [6.45, 7) is 4.60. The number of aryl methyl sites for hydroxylation is 1. The molecule has 1 N–H and O–H groups in total. The van der Waals surface area contributed by atoms with Gasteiger partial charge in [0, 0.05) is 24.8 Å². The fourth-order valence-corrected chi connectivity index (χ4v) is 4.32. The van der Waals surface area contributed by atoms with Gasteiger partial charge in [-0.2, -0.15) is 0 Å². The highest BCUT2D eigenvalue weighted by molar-refractivity contribution is 5.97. The number of rotatable bonds is 8. The molecular formula is C24H30N2O4. The lowest BCUT2D eigenvalue weighted by Gasteiger charge is -2.25. The molecule has 0 unspecified atom stereocenters. The monoisotopic (exact) mass is 410 g/mol. The number of benzene rings is 1. The highest BCUT2D eigenvalue weighted by atomic mass is 16.4. The molecule has 1 amide bonds. The summed E-state index contributed by atoms with van der Waals surface area (Å²) < 4.78 is 1.73. The van der Waals surface area contributed by atoms with Gasteiger partial charge in [0.25, 0.3) is 0 Å². The maximum absolute atomic E-state index is 13.0. The number of carbonyl (C=O) groups is 3. The Morgan fingerprint density at radius 1 is 1.10 bits per heavy atom. The van der Waals surface area contributed by atoms with Crippen molar-refractivity contribution < 1.29 is 19.5 Å². The van der Waals surface area contributed by atoms with Crippen molar-refractivity contribution in [2.75, 3.05) is 11.4 Å². The van der Waals surface area contributed by atoms with Gasteiger partial charge in [-0.3, -0.25) is 14.4 Å². The summed E-state index contributed by atoms with van der Waals surface area (Å²) >= 11 is 0. The molecule has 3 rings (SSSR count). The molecule has 0 bridgehead atoms. The molecule has 1 aliphatic carbocycles. The van der Waals surface area contributed by atoms with Crippen LogP contribution in [-0.4, -0.2) is 33.9 Å². The summed E-state index contributed by atoms with van der Waals surface area (Å²) in [4.78, 5) is 38.7. The van der Waals surface area contributed by atoms with Crippen LogP contribution in [-0.2, 0) is 16.1 Å².